The standard InChI is InChI=1S/C11H15N3S/c1-8(7-12)14(2)11-9-5-3-4-6-10(9)13-15-11/h3-6,8H,7,12H2,1-2H3. The van der Waals surface area contributed by atoms with E-state index < -0.39 is 0 Å². The minimum atomic E-state index is 0.342. The Morgan fingerprint density at radius 1 is 1.47 bits per heavy atom. The zero-order valence-corrected chi connectivity index (χ0v) is 9.79. The van der Waals surface area contributed by atoms with Gasteiger partial charge in [-0.2, -0.15) is 4.37 Å². The third-order valence-electron chi connectivity index (χ3n) is 2.69. The van der Waals surface area contributed by atoms with E-state index in [1.54, 1.807) is 0 Å². The molecule has 80 valence electrons. The first-order valence-electron chi connectivity index (χ1n) is 5.01. The van der Waals surface area contributed by atoms with Gasteiger partial charge in [-0.25, -0.2) is 0 Å². The zero-order valence-electron chi connectivity index (χ0n) is 8.97. The number of likely N-dealkylation sites (N-methyl/N-ethyl adjacent to an activating group) is 1. The van der Waals surface area contributed by atoms with Crippen molar-refractivity contribution in [1.82, 2.24) is 4.37 Å². The molecule has 2 rings (SSSR count). The fourth-order valence-corrected chi connectivity index (χ4v) is 2.41. The molecule has 0 saturated carbocycles. The third-order valence-corrected chi connectivity index (χ3v) is 3.66. The van der Waals surface area contributed by atoms with Crippen molar-refractivity contribution in [2.45, 2.75) is 13.0 Å². The summed E-state index contributed by atoms with van der Waals surface area (Å²) in [5.41, 5.74) is 6.73. The number of hydrogen-bond donors (Lipinski definition) is 1. The molecule has 0 amide bonds. The third kappa shape index (κ3) is 1.82. The fraction of sp³-hybridized carbons (Fsp3) is 0.364. The molecule has 2 N–H and O–H groups in total. The van der Waals surface area contributed by atoms with E-state index in [1.165, 1.54) is 21.9 Å². The number of anilines is 1. The molecule has 0 radical (unpaired) electrons. The van der Waals surface area contributed by atoms with E-state index >= 15 is 0 Å². The molecule has 2 aromatic rings. The molecule has 0 bridgehead atoms. The number of rotatable bonds is 3. The molecule has 0 fully saturated rings. The second-order valence-electron chi connectivity index (χ2n) is 3.70. The average Bonchev–Trinajstić information content (AvgIpc) is 2.70. The molecule has 1 atom stereocenters. The molecule has 0 aliphatic heterocycles. The van der Waals surface area contributed by atoms with Crippen LogP contribution in [0, 0.1) is 0 Å². The number of fused-ring (bicyclic) bond motifs is 1. The van der Waals surface area contributed by atoms with Crippen molar-refractivity contribution in [3.8, 4) is 0 Å². The highest BCUT2D eigenvalue weighted by Crippen LogP contribution is 2.30. The van der Waals surface area contributed by atoms with Gasteiger partial charge in [-0.15, -0.1) is 0 Å². The Kier molecular flexibility index (Phi) is 2.88. The lowest BCUT2D eigenvalue weighted by Crippen LogP contribution is -2.34. The lowest BCUT2D eigenvalue weighted by atomic mass is 10.2. The van der Waals surface area contributed by atoms with Crippen LogP contribution in [0.5, 0.6) is 0 Å². The molecule has 1 aromatic carbocycles. The predicted octanol–water partition coefficient (Wildman–Crippen LogP) is 2.08. The van der Waals surface area contributed by atoms with Gasteiger partial charge in [-0.1, -0.05) is 12.1 Å². The van der Waals surface area contributed by atoms with Crippen LogP contribution < -0.4 is 10.6 Å². The number of aromatic nitrogens is 1. The lowest BCUT2D eigenvalue weighted by molar-refractivity contribution is 0.701. The summed E-state index contributed by atoms with van der Waals surface area (Å²) in [5.74, 6) is 0. The van der Waals surface area contributed by atoms with E-state index in [4.69, 9.17) is 5.73 Å². The van der Waals surface area contributed by atoms with Crippen molar-refractivity contribution in [2.24, 2.45) is 5.73 Å². The summed E-state index contributed by atoms with van der Waals surface area (Å²) in [6, 6.07) is 8.54. The van der Waals surface area contributed by atoms with Gasteiger partial charge in [0.25, 0.3) is 0 Å². The number of hydrogen-bond acceptors (Lipinski definition) is 4. The first-order chi connectivity index (χ1) is 7.24. The van der Waals surface area contributed by atoms with E-state index in [-0.39, 0.29) is 0 Å². The number of nitrogens with zero attached hydrogens (tertiary/aromatic N) is 2. The average molecular weight is 221 g/mol. The summed E-state index contributed by atoms with van der Waals surface area (Å²) in [5, 5.41) is 2.41. The number of benzene rings is 1. The molecule has 0 spiro atoms. The molecule has 1 unspecified atom stereocenters. The van der Waals surface area contributed by atoms with Crippen molar-refractivity contribution in [3.05, 3.63) is 24.3 Å². The first kappa shape index (κ1) is 10.4. The van der Waals surface area contributed by atoms with Crippen LogP contribution in [0.15, 0.2) is 24.3 Å². The van der Waals surface area contributed by atoms with Crippen molar-refractivity contribution >= 4 is 27.4 Å². The van der Waals surface area contributed by atoms with Gasteiger partial charge in [-0.3, -0.25) is 0 Å². The summed E-state index contributed by atoms with van der Waals surface area (Å²) in [6.07, 6.45) is 0. The molecule has 4 heteroatoms. The van der Waals surface area contributed by atoms with Crippen LogP contribution in [0.4, 0.5) is 5.00 Å². The van der Waals surface area contributed by atoms with Gasteiger partial charge >= 0.3 is 0 Å². The Hall–Kier alpha value is -1.13. The van der Waals surface area contributed by atoms with Crippen molar-refractivity contribution in [2.75, 3.05) is 18.5 Å². The van der Waals surface area contributed by atoms with Crippen LogP contribution in [0.1, 0.15) is 6.92 Å². The summed E-state index contributed by atoms with van der Waals surface area (Å²) in [4.78, 5) is 2.19. The van der Waals surface area contributed by atoms with Crippen LogP contribution in [-0.4, -0.2) is 24.0 Å². The molecule has 0 saturated heterocycles. The maximum absolute atomic E-state index is 5.67. The normalized spacial score (nSPS) is 13.0. The summed E-state index contributed by atoms with van der Waals surface area (Å²) < 4.78 is 4.42. The smallest absolute Gasteiger partial charge is 0.119 e. The van der Waals surface area contributed by atoms with Gasteiger partial charge < -0.3 is 10.6 Å². The summed E-state index contributed by atoms with van der Waals surface area (Å²) >= 11 is 1.53. The van der Waals surface area contributed by atoms with Crippen LogP contribution in [0.2, 0.25) is 0 Å². The predicted molar refractivity (Wildman–Crippen MR) is 66.5 cm³/mol. The Balaban J connectivity index is 2.43. The van der Waals surface area contributed by atoms with Crippen molar-refractivity contribution < 1.29 is 0 Å². The summed E-state index contributed by atoms with van der Waals surface area (Å²) in [6.45, 7) is 2.78. The molecule has 3 nitrogen and oxygen atoms in total. The van der Waals surface area contributed by atoms with Gasteiger partial charge in [0.05, 0.1) is 5.52 Å². The molecule has 1 heterocycles. The van der Waals surface area contributed by atoms with E-state index in [0.717, 1.165) is 5.52 Å². The minimum Gasteiger partial charge on any atom is -0.361 e. The van der Waals surface area contributed by atoms with E-state index in [1.807, 2.05) is 18.2 Å². The largest absolute Gasteiger partial charge is 0.361 e. The van der Waals surface area contributed by atoms with Crippen LogP contribution >= 0.6 is 11.5 Å². The quantitative estimate of drug-likeness (QED) is 0.863. The maximum Gasteiger partial charge on any atom is 0.119 e. The van der Waals surface area contributed by atoms with Crippen LogP contribution in [0.25, 0.3) is 10.9 Å². The molecular weight excluding hydrogens is 206 g/mol. The molecule has 0 aliphatic carbocycles. The first-order valence-corrected chi connectivity index (χ1v) is 5.78. The van der Waals surface area contributed by atoms with Gasteiger partial charge in [0, 0.05) is 25.0 Å². The highest BCUT2D eigenvalue weighted by Gasteiger charge is 2.13. The maximum atomic E-state index is 5.67. The van der Waals surface area contributed by atoms with Gasteiger partial charge in [-0.05, 0) is 30.6 Å². The second kappa shape index (κ2) is 4.16. The van der Waals surface area contributed by atoms with Gasteiger partial charge in [0.1, 0.15) is 5.00 Å². The topological polar surface area (TPSA) is 42.1 Å². The molecule has 1 aromatic heterocycles. The lowest BCUT2D eigenvalue weighted by Gasteiger charge is -2.23. The fourth-order valence-electron chi connectivity index (χ4n) is 1.49. The second-order valence-corrected chi connectivity index (χ2v) is 4.45. The van der Waals surface area contributed by atoms with Gasteiger partial charge in [0.15, 0.2) is 0 Å². The Bertz CT molecular complexity index is 452. The van der Waals surface area contributed by atoms with Crippen LogP contribution in [-0.2, 0) is 0 Å². The molecule has 0 aliphatic rings. The van der Waals surface area contributed by atoms with Gasteiger partial charge in [0.2, 0.25) is 0 Å². The van der Waals surface area contributed by atoms with Crippen molar-refractivity contribution in [1.29, 1.82) is 0 Å². The molecule has 15 heavy (non-hydrogen) atoms. The Morgan fingerprint density at radius 3 is 2.93 bits per heavy atom. The SMILES string of the molecule is CC(CN)N(C)c1snc2ccccc12. The zero-order chi connectivity index (χ0) is 10.8. The molecular formula is C11H15N3S. The van der Waals surface area contributed by atoms with E-state index in [9.17, 15) is 0 Å². The summed E-state index contributed by atoms with van der Waals surface area (Å²) in [7, 11) is 2.07. The number of nitrogens with two attached hydrogens (primary N) is 1. The Morgan fingerprint density at radius 2 is 2.20 bits per heavy atom. The monoisotopic (exact) mass is 221 g/mol. The Labute approximate surface area is 93.7 Å². The van der Waals surface area contributed by atoms with Crippen LogP contribution in [0.3, 0.4) is 0 Å². The highest BCUT2D eigenvalue weighted by molar-refractivity contribution is 7.11. The minimum absolute atomic E-state index is 0.342. The van der Waals surface area contributed by atoms with Crippen molar-refractivity contribution in [3.63, 3.8) is 0 Å². The highest BCUT2D eigenvalue weighted by atomic mass is 32.1. The van der Waals surface area contributed by atoms with E-state index in [0.29, 0.717) is 12.6 Å². The van der Waals surface area contributed by atoms with E-state index in [2.05, 4.69) is 29.3 Å².